The fourth-order valence-electron chi connectivity index (χ4n) is 2.92. The van der Waals surface area contributed by atoms with Crippen LogP contribution in [0, 0.1) is 0 Å². The van der Waals surface area contributed by atoms with E-state index in [-0.39, 0.29) is 19.4 Å². The topological polar surface area (TPSA) is 84.5 Å². The van der Waals surface area contributed by atoms with Crippen molar-refractivity contribution >= 4 is 17.8 Å². The number of amides is 2. The van der Waals surface area contributed by atoms with Crippen molar-refractivity contribution in [1.29, 1.82) is 0 Å². The molecule has 0 radical (unpaired) electrons. The molecule has 0 heterocycles. The first-order valence-corrected chi connectivity index (χ1v) is 10.1. The van der Waals surface area contributed by atoms with Crippen LogP contribution in [0.1, 0.15) is 28.8 Å². The summed E-state index contributed by atoms with van der Waals surface area (Å²) < 4.78 is 5.13. The number of ether oxygens (including phenoxy) is 1. The van der Waals surface area contributed by atoms with Crippen molar-refractivity contribution in [2.45, 2.75) is 19.3 Å². The fraction of sp³-hybridized carbons (Fsp3) is 0.160. The first-order chi connectivity index (χ1) is 15.1. The summed E-state index contributed by atoms with van der Waals surface area (Å²) in [4.78, 5) is 35.8. The molecule has 0 unspecified atom stereocenters. The van der Waals surface area contributed by atoms with E-state index in [1.54, 1.807) is 12.1 Å². The number of rotatable bonds is 8. The van der Waals surface area contributed by atoms with Gasteiger partial charge < -0.3 is 4.74 Å². The molecular formula is C25H24N2O4. The smallest absolute Gasteiger partial charge is 0.306 e. The van der Waals surface area contributed by atoms with Gasteiger partial charge in [0.1, 0.15) is 0 Å². The average molecular weight is 416 g/mol. The maximum absolute atomic E-state index is 12.2. The van der Waals surface area contributed by atoms with E-state index in [4.69, 9.17) is 4.74 Å². The van der Waals surface area contributed by atoms with E-state index in [0.717, 1.165) is 16.7 Å². The zero-order valence-electron chi connectivity index (χ0n) is 17.0. The van der Waals surface area contributed by atoms with Gasteiger partial charge in [0.15, 0.2) is 0 Å². The molecule has 0 atom stereocenters. The van der Waals surface area contributed by atoms with Crippen molar-refractivity contribution in [2.75, 3.05) is 6.61 Å². The first-order valence-electron chi connectivity index (χ1n) is 10.1. The van der Waals surface area contributed by atoms with Gasteiger partial charge in [0.25, 0.3) is 5.91 Å². The second kappa shape index (κ2) is 11.3. The number of carbonyl (C=O) groups is 3. The highest BCUT2D eigenvalue weighted by Gasteiger charge is 2.10. The van der Waals surface area contributed by atoms with Gasteiger partial charge in [0.2, 0.25) is 5.91 Å². The average Bonchev–Trinajstić information content (AvgIpc) is 2.82. The van der Waals surface area contributed by atoms with Gasteiger partial charge in [-0.05, 0) is 28.8 Å². The molecule has 0 fully saturated rings. The Kier molecular flexibility index (Phi) is 7.94. The Morgan fingerprint density at radius 1 is 0.677 bits per heavy atom. The first kappa shape index (κ1) is 21.8. The molecule has 2 N–H and O–H groups in total. The number of hydrogen-bond donors (Lipinski definition) is 2. The molecule has 2 amide bonds. The maximum Gasteiger partial charge on any atom is 0.306 e. The highest BCUT2D eigenvalue weighted by molar-refractivity contribution is 5.96. The van der Waals surface area contributed by atoms with Crippen molar-refractivity contribution in [1.82, 2.24) is 10.9 Å². The molecule has 0 aliphatic heterocycles. The van der Waals surface area contributed by atoms with Gasteiger partial charge in [-0.3, -0.25) is 25.2 Å². The van der Waals surface area contributed by atoms with Crippen LogP contribution in [0.4, 0.5) is 0 Å². The van der Waals surface area contributed by atoms with Crippen LogP contribution in [0.15, 0.2) is 84.9 Å². The van der Waals surface area contributed by atoms with E-state index in [1.165, 1.54) is 0 Å². The summed E-state index contributed by atoms with van der Waals surface area (Å²) in [7, 11) is 0. The van der Waals surface area contributed by atoms with E-state index in [2.05, 4.69) is 10.9 Å². The summed E-state index contributed by atoms with van der Waals surface area (Å²) >= 11 is 0. The molecule has 3 aromatic carbocycles. The standard InChI is InChI=1S/C25H24N2O4/c28-23(15-16-24(29)31-18-17-19-7-3-1-4-8-19)26-27-25(30)22-13-11-21(12-14-22)20-9-5-2-6-10-20/h1-14H,15-18H2,(H,26,28)(H,27,30). The van der Waals surface area contributed by atoms with Crippen LogP contribution in [0.5, 0.6) is 0 Å². The number of esters is 1. The molecule has 6 heteroatoms. The summed E-state index contributed by atoms with van der Waals surface area (Å²) in [6, 6.07) is 26.6. The van der Waals surface area contributed by atoms with Crippen LogP contribution in [-0.2, 0) is 20.7 Å². The van der Waals surface area contributed by atoms with Gasteiger partial charge in [0.05, 0.1) is 13.0 Å². The Hall–Kier alpha value is -3.93. The van der Waals surface area contributed by atoms with Crippen molar-refractivity contribution in [3.63, 3.8) is 0 Å². The van der Waals surface area contributed by atoms with E-state index in [0.29, 0.717) is 12.0 Å². The van der Waals surface area contributed by atoms with Crippen LogP contribution < -0.4 is 10.9 Å². The van der Waals surface area contributed by atoms with Crippen LogP contribution in [-0.4, -0.2) is 24.4 Å². The number of nitrogens with one attached hydrogen (secondary N) is 2. The third-order valence-corrected chi connectivity index (χ3v) is 4.62. The third kappa shape index (κ3) is 7.12. The maximum atomic E-state index is 12.2. The van der Waals surface area contributed by atoms with Gasteiger partial charge in [-0.2, -0.15) is 0 Å². The van der Waals surface area contributed by atoms with E-state index >= 15 is 0 Å². The van der Waals surface area contributed by atoms with Gasteiger partial charge in [-0.15, -0.1) is 0 Å². The SMILES string of the molecule is O=C(CCC(=O)OCCc1ccccc1)NNC(=O)c1ccc(-c2ccccc2)cc1. The molecule has 31 heavy (non-hydrogen) atoms. The largest absolute Gasteiger partial charge is 0.465 e. The molecule has 0 spiro atoms. The molecule has 0 saturated heterocycles. The third-order valence-electron chi connectivity index (χ3n) is 4.62. The van der Waals surface area contributed by atoms with Gasteiger partial charge >= 0.3 is 5.97 Å². The lowest BCUT2D eigenvalue weighted by molar-refractivity contribution is -0.144. The Balaban J connectivity index is 1.35. The second-order valence-electron chi connectivity index (χ2n) is 6.90. The molecule has 3 aromatic rings. The lowest BCUT2D eigenvalue weighted by atomic mass is 10.0. The van der Waals surface area contributed by atoms with E-state index < -0.39 is 17.8 Å². The van der Waals surface area contributed by atoms with Gasteiger partial charge in [-0.25, -0.2) is 0 Å². The lowest BCUT2D eigenvalue weighted by Gasteiger charge is -2.08. The Morgan fingerprint density at radius 3 is 1.97 bits per heavy atom. The number of hydrogen-bond acceptors (Lipinski definition) is 4. The Morgan fingerprint density at radius 2 is 1.29 bits per heavy atom. The van der Waals surface area contributed by atoms with Gasteiger partial charge in [-0.1, -0.05) is 72.8 Å². The molecule has 0 aliphatic rings. The van der Waals surface area contributed by atoms with Crippen LogP contribution in [0.3, 0.4) is 0 Å². The van der Waals surface area contributed by atoms with Crippen molar-refractivity contribution < 1.29 is 19.1 Å². The van der Waals surface area contributed by atoms with Crippen molar-refractivity contribution in [3.8, 4) is 11.1 Å². The molecular weight excluding hydrogens is 392 g/mol. The van der Waals surface area contributed by atoms with Gasteiger partial charge in [0, 0.05) is 18.4 Å². The summed E-state index contributed by atoms with van der Waals surface area (Å²) in [5.74, 6) is -1.35. The molecule has 0 aliphatic carbocycles. The lowest BCUT2D eigenvalue weighted by Crippen LogP contribution is -2.41. The molecule has 0 bridgehead atoms. The molecule has 3 rings (SSSR count). The monoisotopic (exact) mass is 416 g/mol. The normalized spacial score (nSPS) is 10.2. The zero-order chi connectivity index (χ0) is 21.9. The fourth-order valence-corrected chi connectivity index (χ4v) is 2.92. The predicted molar refractivity (Wildman–Crippen MR) is 118 cm³/mol. The summed E-state index contributed by atoms with van der Waals surface area (Å²) in [6.45, 7) is 0.264. The number of benzene rings is 3. The van der Waals surface area contributed by atoms with Crippen molar-refractivity contribution in [3.05, 3.63) is 96.1 Å². The van der Waals surface area contributed by atoms with Crippen molar-refractivity contribution in [2.24, 2.45) is 0 Å². The summed E-state index contributed by atoms with van der Waals surface area (Å²) in [5.41, 5.74) is 8.21. The molecule has 0 aromatic heterocycles. The van der Waals surface area contributed by atoms with Crippen LogP contribution in [0.2, 0.25) is 0 Å². The van der Waals surface area contributed by atoms with E-state index in [1.807, 2.05) is 72.8 Å². The molecule has 158 valence electrons. The predicted octanol–water partition coefficient (Wildman–Crippen LogP) is 3.68. The highest BCUT2D eigenvalue weighted by atomic mass is 16.5. The number of carbonyl (C=O) groups excluding carboxylic acids is 3. The quantitative estimate of drug-likeness (QED) is 0.433. The summed E-state index contributed by atoms with van der Waals surface area (Å²) in [6.07, 6.45) is 0.498. The van der Waals surface area contributed by atoms with E-state index in [9.17, 15) is 14.4 Å². The Labute approximate surface area is 181 Å². The minimum atomic E-state index is -0.464. The summed E-state index contributed by atoms with van der Waals surface area (Å²) in [5, 5.41) is 0. The molecule has 0 saturated carbocycles. The Bertz CT molecular complexity index is 1000. The minimum absolute atomic E-state index is 0.0533. The highest BCUT2D eigenvalue weighted by Crippen LogP contribution is 2.19. The zero-order valence-corrected chi connectivity index (χ0v) is 17.0. The molecule has 6 nitrogen and oxygen atoms in total. The minimum Gasteiger partial charge on any atom is -0.465 e. The number of hydrazine groups is 1. The van der Waals surface area contributed by atoms with Crippen LogP contribution >= 0.6 is 0 Å². The van der Waals surface area contributed by atoms with Crippen LogP contribution in [0.25, 0.3) is 11.1 Å². The second-order valence-corrected chi connectivity index (χ2v) is 6.90.